The number of allylic oxidation sites excluding steroid dienone is 1. The van der Waals surface area contributed by atoms with Gasteiger partial charge < -0.3 is 20.3 Å². The third-order valence-corrected chi connectivity index (χ3v) is 5.98. The molecule has 0 aromatic heterocycles. The van der Waals surface area contributed by atoms with E-state index in [9.17, 15) is 18.4 Å². The second-order valence-corrected chi connectivity index (χ2v) is 8.17. The molecule has 0 radical (unpaired) electrons. The van der Waals surface area contributed by atoms with E-state index in [0.29, 0.717) is 26.2 Å². The molecule has 1 aromatic carbocycles. The minimum atomic E-state index is -3.05. The maximum absolute atomic E-state index is 14.0. The molecule has 1 aliphatic carbocycles. The van der Waals surface area contributed by atoms with Crippen LogP contribution in [0.5, 0.6) is 0 Å². The molecule has 1 aliphatic heterocycles. The molecule has 1 saturated carbocycles. The Bertz CT molecular complexity index is 951. The van der Waals surface area contributed by atoms with Gasteiger partial charge >= 0.3 is 5.97 Å². The highest BCUT2D eigenvalue weighted by molar-refractivity contribution is 6.09. The van der Waals surface area contributed by atoms with E-state index in [1.807, 2.05) is 6.07 Å². The van der Waals surface area contributed by atoms with Crippen molar-refractivity contribution < 1.29 is 23.1 Å². The molecule has 1 heterocycles. The molecular formula is C23H30F2N4O3. The van der Waals surface area contributed by atoms with Crippen molar-refractivity contribution in [3.63, 3.8) is 0 Å². The van der Waals surface area contributed by atoms with Crippen LogP contribution in [0, 0.1) is 13.8 Å². The number of carbonyl (C=O) groups is 2. The third-order valence-electron chi connectivity index (χ3n) is 5.98. The zero-order chi connectivity index (χ0) is 23.5. The van der Waals surface area contributed by atoms with Crippen LogP contribution in [0.4, 0.5) is 14.5 Å². The number of nitrogens with zero attached hydrogens (tertiary/aromatic N) is 3. The molecule has 0 spiro atoms. The highest BCUT2D eigenvalue weighted by Gasteiger charge is 2.43. The van der Waals surface area contributed by atoms with Crippen LogP contribution in [0.3, 0.4) is 0 Å². The van der Waals surface area contributed by atoms with E-state index in [4.69, 9.17) is 10.5 Å². The molecule has 2 fully saturated rings. The summed E-state index contributed by atoms with van der Waals surface area (Å²) in [5.74, 6) is -4.13. The largest absolute Gasteiger partial charge is 0.461 e. The zero-order valence-electron chi connectivity index (χ0n) is 18.8. The zero-order valence-corrected chi connectivity index (χ0v) is 18.8. The van der Waals surface area contributed by atoms with E-state index < -0.39 is 24.7 Å². The number of alkyl halides is 2. The minimum Gasteiger partial charge on any atom is -0.461 e. The summed E-state index contributed by atoms with van der Waals surface area (Å²) in [7, 11) is 0. The smallest absolute Gasteiger partial charge is 0.354 e. The van der Waals surface area contributed by atoms with Crippen molar-refractivity contribution in [3.8, 4) is 0 Å². The van der Waals surface area contributed by atoms with Gasteiger partial charge in [-0.15, -0.1) is 0 Å². The highest BCUT2D eigenvalue weighted by atomic mass is 19.3. The molecule has 174 valence electrons. The number of hydrogen-bond donors (Lipinski definition) is 1. The third kappa shape index (κ3) is 5.26. The number of piperazine rings is 1. The SMILES string of the molecule is CCOC(=O)C(N)=C1CC(F)(F)CC1=NCC(=O)N1CCN(c2cccc(C)c2C)CC1. The van der Waals surface area contributed by atoms with Crippen LogP contribution in [0.1, 0.15) is 30.9 Å². The molecule has 9 heteroatoms. The molecule has 0 bridgehead atoms. The van der Waals surface area contributed by atoms with Crippen molar-refractivity contribution in [1.29, 1.82) is 0 Å². The normalized spacial score (nSPS) is 21.1. The van der Waals surface area contributed by atoms with Crippen molar-refractivity contribution in [2.75, 3.05) is 44.2 Å². The Morgan fingerprint density at radius 3 is 2.50 bits per heavy atom. The van der Waals surface area contributed by atoms with Gasteiger partial charge in [-0.1, -0.05) is 12.1 Å². The van der Waals surface area contributed by atoms with E-state index in [2.05, 4.69) is 35.9 Å². The van der Waals surface area contributed by atoms with Crippen molar-refractivity contribution in [3.05, 3.63) is 40.6 Å². The number of rotatable bonds is 5. The summed E-state index contributed by atoms with van der Waals surface area (Å²) in [6.07, 6.45) is -1.32. The summed E-state index contributed by atoms with van der Waals surface area (Å²) in [5.41, 5.74) is 8.97. The van der Waals surface area contributed by atoms with Crippen molar-refractivity contribution >= 4 is 23.3 Å². The van der Waals surface area contributed by atoms with Gasteiger partial charge in [0, 0.05) is 49.6 Å². The van der Waals surface area contributed by atoms with Gasteiger partial charge in [-0.3, -0.25) is 9.79 Å². The standard InChI is InChI=1S/C23H30F2N4O3/c1-4-32-22(31)21(26)17-12-23(24,25)13-18(17)27-14-20(30)29-10-8-28(9-11-29)19-7-5-6-15(2)16(19)3/h5-7H,4,8-14,26H2,1-3H3. The Morgan fingerprint density at radius 2 is 1.84 bits per heavy atom. The summed E-state index contributed by atoms with van der Waals surface area (Å²) in [5, 5.41) is 0. The first-order chi connectivity index (χ1) is 15.1. The number of amides is 1. The Balaban J connectivity index is 1.65. The topological polar surface area (TPSA) is 88.2 Å². The summed E-state index contributed by atoms with van der Waals surface area (Å²) in [6.45, 7) is 8.02. The number of nitrogens with two attached hydrogens (primary N) is 1. The number of halogens is 2. The van der Waals surface area contributed by atoms with Gasteiger partial charge in [-0.05, 0) is 38.0 Å². The lowest BCUT2D eigenvalue weighted by Crippen LogP contribution is -2.49. The number of anilines is 1. The molecule has 0 unspecified atom stereocenters. The average molecular weight is 449 g/mol. The van der Waals surface area contributed by atoms with E-state index >= 15 is 0 Å². The van der Waals surface area contributed by atoms with Gasteiger partial charge in [-0.25, -0.2) is 13.6 Å². The number of aryl methyl sites for hydroxylation is 1. The molecule has 0 atom stereocenters. The number of aliphatic imine (C=N–C) groups is 1. The summed E-state index contributed by atoms with van der Waals surface area (Å²) in [4.78, 5) is 32.6. The fourth-order valence-electron chi connectivity index (χ4n) is 4.05. The van der Waals surface area contributed by atoms with Crippen LogP contribution in [-0.4, -0.2) is 67.7 Å². The van der Waals surface area contributed by atoms with Crippen LogP contribution in [0.25, 0.3) is 0 Å². The molecule has 2 aliphatic rings. The molecular weight excluding hydrogens is 418 g/mol. The van der Waals surface area contributed by atoms with Gasteiger partial charge in [0.15, 0.2) is 0 Å². The minimum absolute atomic E-state index is 0.00271. The average Bonchev–Trinajstić information content (AvgIpc) is 3.08. The van der Waals surface area contributed by atoms with Gasteiger partial charge in [0.1, 0.15) is 12.2 Å². The maximum atomic E-state index is 14.0. The van der Waals surface area contributed by atoms with E-state index in [-0.39, 0.29) is 36.0 Å². The summed E-state index contributed by atoms with van der Waals surface area (Å²) >= 11 is 0. The number of esters is 1. The Kier molecular flexibility index (Phi) is 7.16. The van der Waals surface area contributed by atoms with E-state index in [0.717, 1.165) is 5.69 Å². The van der Waals surface area contributed by atoms with Gasteiger partial charge in [0.25, 0.3) is 5.92 Å². The Labute approximate surface area is 186 Å². The van der Waals surface area contributed by atoms with Crippen molar-refractivity contribution in [1.82, 2.24) is 4.90 Å². The Hall–Kier alpha value is -2.97. The molecule has 2 N–H and O–H groups in total. The van der Waals surface area contributed by atoms with Crippen LogP contribution in [0.15, 0.2) is 34.5 Å². The first-order valence-electron chi connectivity index (χ1n) is 10.8. The lowest BCUT2D eigenvalue weighted by molar-refractivity contribution is -0.138. The van der Waals surface area contributed by atoms with Gasteiger partial charge in [0.2, 0.25) is 5.91 Å². The number of ether oxygens (including phenoxy) is 1. The highest BCUT2D eigenvalue weighted by Crippen LogP contribution is 2.38. The maximum Gasteiger partial charge on any atom is 0.354 e. The second kappa shape index (κ2) is 9.67. The number of carbonyl (C=O) groups excluding carboxylic acids is 2. The second-order valence-electron chi connectivity index (χ2n) is 8.17. The predicted molar refractivity (Wildman–Crippen MR) is 119 cm³/mol. The fraction of sp³-hybridized carbons (Fsp3) is 0.522. The molecule has 3 rings (SSSR count). The summed E-state index contributed by atoms with van der Waals surface area (Å²) < 4.78 is 32.8. The van der Waals surface area contributed by atoms with Crippen molar-refractivity contribution in [2.45, 2.75) is 39.5 Å². The first kappa shape index (κ1) is 23.7. The number of benzene rings is 1. The van der Waals surface area contributed by atoms with Crippen molar-refractivity contribution in [2.24, 2.45) is 10.7 Å². The van der Waals surface area contributed by atoms with E-state index in [1.54, 1.807) is 11.8 Å². The van der Waals surface area contributed by atoms with Gasteiger partial charge in [-0.2, -0.15) is 0 Å². The quantitative estimate of drug-likeness (QED) is 0.553. The molecule has 1 amide bonds. The van der Waals surface area contributed by atoms with E-state index in [1.165, 1.54) is 11.1 Å². The number of hydrogen-bond acceptors (Lipinski definition) is 6. The fourth-order valence-corrected chi connectivity index (χ4v) is 4.05. The molecule has 32 heavy (non-hydrogen) atoms. The van der Waals surface area contributed by atoms with Crippen LogP contribution >= 0.6 is 0 Å². The Morgan fingerprint density at radius 1 is 1.16 bits per heavy atom. The van der Waals surface area contributed by atoms with Gasteiger partial charge in [0.05, 0.1) is 13.0 Å². The lowest BCUT2D eigenvalue weighted by Gasteiger charge is -2.37. The monoisotopic (exact) mass is 448 g/mol. The van der Waals surface area contributed by atoms with Crippen LogP contribution < -0.4 is 10.6 Å². The van der Waals surface area contributed by atoms with Crippen LogP contribution in [0.2, 0.25) is 0 Å². The summed E-state index contributed by atoms with van der Waals surface area (Å²) in [6, 6.07) is 6.17. The molecule has 1 saturated heterocycles. The predicted octanol–water partition coefficient (Wildman–Crippen LogP) is 2.60. The first-order valence-corrected chi connectivity index (χ1v) is 10.8. The van der Waals surface area contributed by atoms with Crippen LogP contribution in [-0.2, 0) is 14.3 Å². The molecule has 1 aromatic rings. The lowest BCUT2D eigenvalue weighted by atomic mass is 10.1. The molecule has 7 nitrogen and oxygen atoms in total.